The summed E-state index contributed by atoms with van der Waals surface area (Å²) >= 11 is 0. The van der Waals surface area contributed by atoms with E-state index in [2.05, 4.69) is 34.0 Å². The summed E-state index contributed by atoms with van der Waals surface area (Å²) < 4.78 is 5.46. The van der Waals surface area contributed by atoms with Crippen LogP contribution in [-0.2, 0) is 4.74 Å². The Bertz CT molecular complexity index is 307. The summed E-state index contributed by atoms with van der Waals surface area (Å²) in [5.74, 6) is 1.71. The van der Waals surface area contributed by atoms with Gasteiger partial charge in [0.05, 0.1) is 13.2 Å². The monoisotopic (exact) mass is 282 g/mol. The van der Waals surface area contributed by atoms with Crippen molar-refractivity contribution < 1.29 is 4.74 Å². The summed E-state index contributed by atoms with van der Waals surface area (Å²) in [7, 11) is 1.89. The topological polar surface area (TPSA) is 40.1 Å². The molecule has 1 atom stereocenters. The lowest BCUT2D eigenvalue weighted by atomic mass is 10.0. The van der Waals surface area contributed by atoms with Gasteiger partial charge in [0.2, 0.25) is 0 Å². The summed E-state index contributed by atoms with van der Waals surface area (Å²) in [5, 5.41) is 3.58. The van der Waals surface area contributed by atoms with E-state index in [0.29, 0.717) is 12.0 Å². The van der Waals surface area contributed by atoms with Crippen molar-refractivity contribution in [2.45, 2.75) is 32.7 Å². The van der Waals surface area contributed by atoms with Gasteiger partial charge in [0, 0.05) is 45.8 Å². The molecule has 0 saturated carbocycles. The van der Waals surface area contributed by atoms with Gasteiger partial charge < -0.3 is 15.0 Å². The fraction of sp³-hybridized carbons (Fsp3) is 0.933. The maximum Gasteiger partial charge on any atom is 0.193 e. The smallest absolute Gasteiger partial charge is 0.193 e. The number of guanidine groups is 1. The predicted molar refractivity (Wildman–Crippen MR) is 83.2 cm³/mol. The molecule has 0 radical (unpaired) electrons. The fourth-order valence-electron chi connectivity index (χ4n) is 3.15. The zero-order valence-corrected chi connectivity index (χ0v) is 13.3. The standard InChI is InChI=1S/C15H30N4O/c1-13(2)14(18-8-10-20-11-9-18)12-17-15(16-3)19-6-4-5-7-19/h13-14H,4-12H2,1-3H3,(H,16,17). The van der Waals surface area contributed by atoms with E-state index in [-0.39, 0.29) is 0 Å². The number of morpholine rings is 1. The third-order valence-corrected chi connectivity index (χ3v) is 4.37. The van der Waals surface area contributed by atoms with Crippen molar-refractivity contribution in [1.82, 2.24) is 15.1 Å². The number of nitrogens with one attached hydrogen (secondary N) is 1. The molecule has 2 aliphatic rings. The number of hydrogen-bond donors (Lipinski definition) is 1. The highest BCUT2D eigenvalue weighted by atomic mass is 16.5. The molecule has 2 fully saturated rings. The van der Waals surface area contributed by atoms with Crippen LogP contribution in [0.2, 0.25) is 0 Å². The first kappa shape index (κ1) is 15.6. The second-order valence-electron chi connectivity index (χ2n) is 6.08. The van der Waals surface area contributed by atoms with E-state index in [1.807, 2.05) is 7.05 Å². The van der Waals surface area contributed by atoms with Gasteiger partial charge >= 0.3 is 0 Å². The highest BCUT2D eigenvalue weighted by Gasteiger charge is 2.25. The van der Waals surface area contributed by atoms with Gasteiger partial charge in [-0.25, -0.2) is 0 Å². The first-order chi connectivity index (χ1) is 9.72. The van der Waals surface area contributed by atoms with Crippen molar-refractivity contribution in [2.24, 2.45) is 10.9 Å². The highest BCUT2D eigenvalue weighted by Crippen LogP contribution is 2.13. The molecule has 5 heteroatoms. The van der Waals surface area contributed by atoms with Gasteiger partial charge in [-0.15, -0.1) is 0 Å². The zero-order valence-electron chi connectivity index (χ0n) is 13.3. The molecule has 5 nitrogen and oxygen atoms in total. The Labute approximate surface area is 123 Å². The number of nitrogens with zero attached hydrogens (tertiary/aromatic N) is 3. The first-order valence-electron chi connectivity index (χ1n) is 7.99. The lowest BCUT2D eigenvalue weighted by molar-refractivity contribution is 0.00742. The van der Waals surface area contributed by atoms with Gasteiger partial charge in [-0.1, -0.05) is 13.8 Å². The van der Waals surface area contributed by atoms with Crippen LogP contribution in [0.15, 0.2) is 4.99 Å². The van der Waals surface area contributed by atoms with Gasteiger partial charge in [-0.2, -0.15) is 0 Å². The van der Waals surface area contributed by atoms with Crippen molar-refractivity contribution in [1.29, 1.82) is 0 Å². The molecule has 2 rings (SSSR count). The van der Waals surface area contributed by atoms with E-state index in [1.54, 1.807) is 0 Å². The molecule has 1 N–H and O–H groups in total. The van der Waals surface area contributed by atoms with Gasteiger partial charge in [0.25, 0.3) is 0 Å². The Balaban J connectivity index is 1.87. The average Bonchev–Trinajstić information content (AvgIpc) is 2.98. The zero-order chi connectivity index (χ0) is 14.4. The van der Waals surface area contributed by atoms with Crippen LogP contribution in [0, 0.1) is 5.92 Å². The van der Waals surface area contributed by atoms with Crippen LogP contribution in [0.25, 0.3) is 0 Å². The average molecular weight is 282 g/mol. The molecular formula is C15H30N4O. The van der Waals surface area contributed by atoms with Gasteiger partial charge in [-0.05, 0) is 18.8 Å². The summed E-state index contributed by atoms with van der Waals surface area (Å²) in [4.78, 5) is 9.36. The Hall–Kier alpha value is -0.810. The minimum Gasteiger partial charge on any atom is -0.379 e. The van der Waals surface area contributed by atoms with E-state index < -0.39 is 0 Å². The molecule has 0 aromatic carbocycles. The Morgan fingerprint density at radius 3 is 2.35 bits per heavy atom. The molecule has 0 bridgehead atoms. The van der Waals surface area contributed by atoms with Crippen LogP contribution in [0.5, 0.6) is 0 Å². The van der Waals surface area contributed by atoms with Crippen molar-refractivity contribution in [2.75, 3.05) is 53.0 Å². The maximum absolute atomic E-state index is 5.46. The number of aliphatic imine (C=N–C) groups is 1. The summed E-state index contributed by atoms with van der Waals surface area (Å²) in [6.45, 7) is 11.7. The molecule has 0 aromatic heterocycles. The Kier molecular flexibility index (Phi) is 6.10. The largest absolute Gasteiger partial charge is 0.379 e. The van der Waals surface area contributed by atoms with E-state index in [4.69, 9.17) is 4.74 Å². The van der Waals surface area contributed by atoms with Crippen molar-refractivity contribution >= 4 is 5.96 Å². The van der Waals surface area contributed by atoms with Crippen LogP contribution in [-0.4, -0.2) is 74.8 Å². The minimum atomic E-state index is 0.554. The third-order valence-electron chi connectivity index (χ3n) is 4.37. The van der Waals surface area contributed by atoms with E-state index >= 15 is 0 Å². The third kappa shape index (κ3) is 4.09. The van der Waals surface area contributed by atoms with Gasteiger partial charge in [0.1, 0.15) is 0 Å². The Morgan fingerprint density at radius 2 is 1.80 bits per heavy atom. The molecule has 0 aliphatic carbocycles. The number of rotatable bonds is 4. The van der Waals surface area contributed by atoms with E-state index in [1.165, 1.54) is 12.8 Å². The summed E-state index contributed by atoms with van der Waals surface area (Å²) in [5.41, 5.74) is 0. The molecule has 116 valence electrons. The van der Waals surface area contributed by atoms with Crippen LogP contribution in [0.1, 0.15) is 26.7 Å². The second-order valence-corrected chi connectivity index (χ2v) is 6.08. The second kappa shape index (κ2) is 7.84. The van der Waals surface area contributed by atoms with Crippen molar-refractivity contribution in [3.63, 3.8) is 0 Å². The molecule has 1 unspecified atom stereocenters. The highest BCUT2D eigenvalue weighted by molar-refractivity contribution is 5.80. The number of ether oxygens (including phenoxy) is 1. The molecule has 20 heavy (non-hydrogen) atoms. The SMILES string of the molecule is CN=C(NCC(C(C)C)N1CCOCC1)N1CCCC1. The number of hydrogen-bond acceptors (Lipinski definition) is 3. The molecule has 2 heterocycles. The summed E-state index contributed by atoms with van der Waals surface area (Å²) in [6.07, 6.45) is 2.58. The summed E-state index contributed by atoms with van der Waals surface area (Å²) in [6, 6.07) is 0.554. The van der Waals surface area contributed by atoms with Gasteiger partial charge in [-0.3, -0.25) is 9.89 Å². The van der Waals surface area contributed by atoms with E-state index in [9.17, 15) is 0 Å². The molecule has 2 saturated heterocycles. The molecule has 2 aliphatic heterocycles. The lowest BCUT2D eigenvalue weighted by Gasteiger charge is -2.37. The van der Waals surface area contributed by atoms with Crippen LogP contribution in [0.4, 0.5) is 0 Å². The lowest BCUT2D eigenvalue weighted by Crippen LogP contribution is -2.52. The van der Waals surface area contributed by atoms with Gasteiger partial charge in [0.15, 0.2) is 5.96 Å². The fourth-order valence-corrected chi connectivity index (χ4v) is 3.15. The molecule has 0 amide bonds. The van der Waals surface area contributed by atoms with Crippen LogP contribution >= 0.6 is 0 Å². The van der Waals surface area contributed by atoms with E-state index in [0.717, 1.165) is 51.9 Å². The maximum atomic E-state index is 5.46. The minimum absolute atomic E-state index is 0.554. The van der Waals surface area contributed by atoms with Crippen molar-refractivity contribution in [3.05, 3.63) is 0 Å². The molecular weight excluding hydrogens is 252 g/mol. The Morgan fingerprint density at radius 1 is 1.15 bits per heavy atom. The molecule has 0 aromatic rings. The molecule has 0 spiro atoms. The van der Waals surface area contributed by atoms with Crippen molar-refractivity contribution in [3.8, 4) is 0 Å². The number of likely N-dealkylation sites (tertiary alicyclic amines) is 1. The predicted octanol–water partition coefficient (Wildman–Crippen LogP) is 1.01. The van der Waals surface area contributed by atoms with Crippen LogP contribution < -0.4 is 5.32 Å². The van der Waals surface area contributed by atoms with Crippen LogP contribution in [0.3, 0.4) is 0 Å². The normalized spacial score (nSPS) is 23.4. The quantitative estimate of drug-likeness (QED) is 0.617. The first-order valence-corrected chi connectivity index (χ1v) is 7.99.